The van der Waals surface area contributed by atoms with Crippen molar-refractivity contribution in [2.45, 2.75) is 26.3 Å². The summed E-state index contributed by atoms with van der Waals surface area (Å²) in [5.74, 6) is 0.0844. The Bertz CT molecular complexity index is 426. The fraction of sp³-hybridized carbons (Fsp3) is 0.500. The summed E-state index contributed by atoms with van der Waals surface area (Å²) in [7, 11) is 0. The van der Waals surface area contributed by atoms with Gasteiger partial charge >= 0.3 is 0 Å². The van der Waals surface area contributed by atoms with Crippen molar-refractivity contribution in [3.8, 4) is 5.75 Å². The standard InChI is InChI=1S/C14H21FN2O2.ClH/c1-10(2)14(3,9-16)17-13(18)8-19-12-6-4-11(15)5-7-12;/h4-7,10H,8-9,16H2,1-3H3,(H,17,18);1H. The van der Waals surface area contributed by atoms with Crippen LogP contribution in [0.2, 0.25) is 0 Å². The minimum atomic E-state index is -0.455. The molecule has 0 aliphatic heterocycles. The molecule has 4 nitrogen and oxygen atoms in total. The molecule has 0 saturated heterocycles. The Morgan fingerprint density at radius 2 is 1.95 bits per heavy atom. The van der Waals surface area contributed by atoms with E-state index in [-0.39, 0.29) is 36.7 Å². The molecule has 0 heterocycles. The van der Waals surface area contributed by atoms with Gasteiger partial charge in [0, 0.05) is 6.54 Å². The van der Waals surface area contributed by atoms with Crippen LogP contribution in [-0.4, -0.2) is 24.6 Å². The van der Waals surface area contributed by atoms with Crippen LogP contribution in [0.15, 0.2) is 24.3 Å². The lowest BCUT2D eigenvalue weighted by Crippen LogP contribution is -2.56. The third-order valence-corrected chi connectivity index (χ3v) is 3.31. The van der Waals surface area contributed by atoms with E-state index in [4.69, 9.17) is 10.5 Å². The Kier molecular flexibility index (Phi) is 7.53. The Morgan fingerprint density at radius 1 is 1.40 bits per heavy atom. The molecule has 1 unspecified atom stereocenters. The predicted molar refractivity (Wildman–Crippen MR) is 79.6 cm³/mol. The fourth-order valence-electron chi connectivity index (χ4n) is 1.47. The summed E-state index contributed by atoms with van der Waals surface area (Å²) in [4.78, 5) is 11.8. The molecule has 0 aromatic heterocycles. The van der Waals surface area contributed by atoms with Gasteiger partial charge in [-0.15, -0.1) is 12.4 Å². The van der Waals surface area contributed by atoms with E-state index in [0.717, 1.165) is 0 Å². The van der Waals surface area contributed by atoms with Crippen molar-refractivity contribution in [3.63, 3.8) is 0 Å². The topological polar surface area (TPSA) is 64.3 Å². The molecular formula is C14H22ClFN2O2. The maximum atomic E-state index is 12.7. The van der Waals surface area contributed by atoms with E-state index >= 15 is 0 Å². The first-order valence-electron chi connectivity index (χ1n) is 6.27. The summed E-state index contributed by atoms with van der Waals surface area (Å²) in [6.07, 6.45) is 0. The van der Waals surface area contributed by atoms with Crippen molar-refractivity contribution in [1.29, 1.82) is 0 Å². The molecule has 1 atom stereocenters. The molecule has 0 aliphatic carbocycles. The number of benzene rings is 1. The summed E-state index contributed by atoms with van der Waals surface area (Å²) in [5, 5.41) is 2.86. The van der Waals surface area contributed by atoms with Gasteiger partial charge < -0.3 is 15.8 Å². The molecule has 1 aromatic rings. The van der Waals surface area contributed by atoms with E-state index in [0.29, 0.717) is 12.3 Å². The van der Waals surface area contributed by atoms with Crippen molar-refractivity contribution in [3.05, 3.63) is 30.1 Å². The van der Waals surface area contributed by atoms with Gasteiger partial charge in [-0.25, -0.2) is 4.39 Å². The van der Waals surface area contributed by atoms with Gasteiger partial charge in [0.05, 0.1) is 5.54 Å². The van der Waals surface area contributed by atoms with Crippen molar-refractivity contribution >= 4 is 18.3 Å². The summed E-state index contributed by atoms with van der Waals surface area (Å²) in [6, 6.07) is 5.52. The molecular weight excluding hydrogens is 283 g/mol. The number of ether oxygens (including phenoxy) is 1. The zero-order valence-electron chi connectivity index (χ0n) is 12.0. The number of carbonyl (C=O) groups is 1. The molecule has 1 rings (SSSR count). The quantitative estimate of drug-likeness (QED) is 0.846. The van der Waals surface area contributed by atoms with Gasteiger partial charge in [0.2, 0.25) is 0 Å². The predicted octanol–water partition coefficient (Wildman–Crippen LogP) is 2.12. The third kappa shape index (κ3) is 5.35. The van der Waals surface area contributed by atoms with Crippen LogP contribution in [0, 0.1) is 11.7 Å². The Hall–Kier alpha value is -1.33. The molecule has 1 amide bonds. The smallest absolute Gasteiger partial charge is 0.258 e. The molecule has 1 aromatic carbocycles. The average Bonchev–Trinajstić information content (AvgIpc) is 2.37. The number of rotatable bonds is 6. The molecule has 0 radical (unpaired) electrons. The van der Waals surface area contributed by atoms with Gasteiger partial charge in [-0.2, -0.15) is 0 Å². The molecule has 3 N–H and O–H groups in total. The number of amides is 1. The molecule has 20 heavy (non-hydrogen) atoms. The van der Waals surface area contributed by atoms with E-state index in [9.17, 15) is 9.18 Å². The molecule has 0 saturated carbocycles. The second-order valence-electron chi connectivity index (χ2n) is 5.07. The Balaban J connectivity index is 0.00000361. The van der Waals surface area contributed by atoms with Gasteiger partial charge in [0.25, 0.3) is 5.91 Å². The van der Waals surface area contributed by atoms with E-state index in [2.05, 4.69) is 5.32 Å². The minimum absolute atomic E-state index is 0. The van der Waals surface area contributed by atoms with Crippen LogP contribution < -0.4 is 15.8 Å². The highest BCUT2D eigenvalue weighted by Crippen LogP contribution is 2.15. The molecule has 0 aliphatic rings. The van der Waals surface area contributed by atoms with Gasteiger partial charge in [-0.3, -0.25) is 4.79 Å². The van der Waals surface area contributed by atoms with Crippen LogP contribution in [0.3, 0.4) is 0 Å². The lowest BCUT2D eigenvalue weighted by molar-refractivity contribution is -0.125. The Morgan fingerprint density at radius 3 is 2.40 bits per heavy atom. The first-order valence-corrected chi connectivity index (χ1v) is 6.27. The average molecular weight is 305 g/mol. The zero-order valence-corrected chi connectivity index (χ0v) is 12.8. The van der Waals surface area contributed by atoms with Crippen molar-refractivity contribution in [2.75, 3.05) is 13.2 Å². The molecule has 114 valence electrons. The van der Waals surface area contributed by atoms with Crippen LogP contribution >= 0.6 is 12.4 Å². The number of halogens is 2. The maximum absolute atomic E-state index is 12.7. The van der Waals surface area contributed by atoms with Crippen LogP contribution in [0.1, 0.15) is 20.8 Å². The van der Waals surface area contributed by atoms with Gasteiger partial charge in [-0.1, -0.05) is 13.8 Å². The Labute approximate surface area is 125 Å². The lowest BCUT2D eigenvalue weighted by Gasteiger charge is -2.33. The molecule has 0 bridgehead atoms. The highest BCUT2D eigenvalue weighted by molar-refractivity contribution is 5.85. The highest BCUT2D eigenvalue weighted by atomic mass is 35.5. The van der Waals surface area contributed by atoms with Gasteiger partial charge in [-0.05, 0) is 37.1 Å². The largest absolute Gasteiger partial charge is 0.484 e. The lowest BCUT2D eigenvalue weighted by atomic mass is 9.88. The number of nitrogens with one attached hydrogen (secondary N) is 1. The van der Waals surface area contributed by atoms with Crippen molar-refractivity contribution in [1.82, 2.24) is 5.32 Å². The summed E-state index contributed by atoms with van der Waals surface area (Å²) in [5.41, 5.74) is 5.23. The van der Waals surface area contributed by atoms with Crippen LogP contribution in [0.25, 0.3) is 0 Å². The minimum Gasteiger partial charge on any atom is -0.484 e. The summed E-state index contributed by atoms with van der Waals surface area (Å²) >= 11 is 0. The van der Waals surface area contributed by atoms with Crippen LogP contribution in [0.4, 0.5) is 4.39 Å². The first kappa shape index (κ1) is 18.7. The molecule has 0 spiro atoms. The van der Waals surface area contributed by atoms with Crippen molar-refractivity contribution in [2.24, 2.45) is 11.7 Å². The number of hydrogen-bond acceptors (Lipinski definition) is 3. The van der Waals surface area contributed by atoms with Crippen molar-refractivity contribution < 1.29 is 13.9 Å². The van der Waals surface area contributed by atoms with E-state index in [1.54, 1.807) is 0 Å². The fourth-order valence-corrected chi connectivity index (χ4v) is 1.47. The molecule has 6 heteroatoms. The highest BCUT2D eigenvalue weighted by Gasteiger charge is 2.28. The first-order chi connectivity index (χ1) is 8.87. The van der Waals surface area contributed by atoms with E-state index in [1.165, 1.54) is 24.3 Å². The summed E-state index contributed by atoms with van der Waals surface area (Å²) < 4.78 is 18.0. The second-order valence-corrected chi connectivity index (χ2v) is 5.07. The van der Waals surface area contributed by atoms with Crippen LogP contribution in [-0.2, 0) is 4.79 Å². The molecule has 0 fully saturated rings. The SMILES string of the molecule is CC(C)C(C)(CN)NC(=O)COc1ccc(F)cc1.Cl. The third-order valence-electron chi connectivity index (χ3n) is 3.31. The zero-order chi connectivity index (χ0) is 14.5. The van der Waals surface area contributed by atoms with E-state index < -0.39 is 5.54 Å². The van der Waals surface area contributed by atoms with Gasteiger partial charge in [0.15, 0.2) is 6.61 Å². The second kappa shape index (κ2) is 8.07. The summed E-state index contributed by atoms with van der Waals surface area (Å²) in [6.45, 7) is 6.12. The number of hydrogen-bond donors (Lipinski definition) is 2. The monoisotopic (exact) mass is 304 g/mol. The maximum Gasteiger partial charge on any atom is 0.258 e. The number of carbonyl (C=O) groups excluding carboxylic acids is 1. The normalized spacial score (nSPS) is 13.3. The van der Waals surface area contributed by atoms with Gasteiger partial charge in [0.1, 0.15) is 11.6 Å². The van der Waals surface area contributed by atoms with Crippen LogP contribution in [0.5, 0.6) is 5.75 Å². The van der Waals surface area contributed by atoms with E-state index in [1.807, 2.05) is 20.8 Å². The number of nitrogens with two attached hydrogens (primary N) is 1.